The molecule has 3 atom stereocenters. The number of nitro benzene ring substituents is 2. The third-order valence-electron chi connectivity index (χ3n) is 8.56. The number of rotatable bonds is 6. The molecule has 0 spiro atoms. The number of fused-ring (bicyclic) bond motifs is 6. The van der Waals surface area contributed by atoms with Gasteiger partial charge < -0.3 is 19.3 Å². The van der Waals surface area contributed by atoms with Crippen molar-refractivity contribution in [3.05, 3.63) is 92.0 Å². The second kappa shape index (κ2) is 10.9. The van der Waals surface area contributed by atoms with Crippen molar-refractivity contribution < 1.29 is 28.9 Å². The van der Waals surface area contributed by atoms with Gasteiger partial charge in [-0.25, -0.2) is 4.79 Å². The number of methoxy groups -OCH3 is 2. The highest BCUT2D eigenvalue weighted by atomic mass is 16.6. The molecule has 0 aliphatic carbocycles. The fraction of sp³-hybridized carbons (Fsp3) is 0.333. The zero-order chi connectivity index (χ0) is 30.4. The van der Waals surface area contributed by atoms with E-state index in [0.717, 1.165) is 17.5 Å². The number of carbonyl (C=O) groups excluding carboxylic acids is 2. The van der Waals surface area contributed by atoms with Crippen LogP contribution < -0.4 is 14.4 Å². The Labute approximate surface area is 246 Å². The summed E-state index contributed by atoms with van der Waals surface area (Å²) >= 11 is 0. The lowest BCUT2D eigenvalue weighted by Gasteiger charge is -2.56. The number of nitrogens with zero attached hydrogens (tertiary/aromatic N) is 5. The number of hydrogen-bond donors (Lipinski definition) is 0. The molecule has 13 nitrogen and oxygen atoms in total. The topological polar surface area (TPSA) is 149 Å². The molecule has 0 aromatic heterocycles. The first-order valence-corrected chi connectivity index (χ1v) is 13.9. The van der Waals surface area contributed by atoms with E-state index < -0.39 is 28.0 Å². The minimum atomic E-state index is -0.702. The van der Waals surface area contributed by atoms with Crippen LogP contribution >= 0.6 is 0 Å². The van der Waals surface area contributed by atoms with Gasteiger partial charge in [0.25, 0.3) is 11.4 Å². The van der Waals surface area contributed by atoms with Crippen LogP contribution in [0.5, 0.6) is 11.5 Å². The van der Waals surface area contributed by atoms with Crippen LogP contribution in [0.15, 0.2) is 60.7 Å². The minimum Gasteiger partial charge on any atom is -0.497 e. The van der Waals surface area contributed by atoms with E-state index in [9.17, 15) is 29.8 Å². The van der Waals surface area contributed by atoms with Crippen molar-refractivity contribution in [1.82, 2.24) is 9.80 Å². The summed E-state index contributed by atoms with van der Waals surface area (Å²) in [6, 6.07) is 12.7. The van der Waals surface area contributed by atoms with E-state index >= 15 is 0 Å². The lowest BCUT2D eigenvalue weighted by atomic mass is 9.78. The van der Waals surface area contributed by atoms with Crippen LogP contribution in [0.3, 0.4) is 0 Å². The van der Waals surface area contributed by atoms with E-state index in [4.69, 9.17) is 9.47 Å². The molecule has 3 amide bonds. The Bertz CT molecular complexity index is 1540. The number of piperazine rings is 1. The molecule has 0 saturated carbocycles. The molecular formula is C30H29N5O8. The zero-order valence-electron chi connectivity index (χ0n) is 23.5. The number of amides is 3. The maximum atomic E-state index is 14.7. The number of nitro groups is 2. The number of anilines is 2. The van der Waals surface area contributed by atoms with E-state index in [-0.39, 0.29) is 23.3 Å². The Kier molecular flexibility index (Phi) is 7.08. The number of non-ortho nitro benzene ring substituents is 2. The lowest BCUT2D eigenvalue weighted by molar-refractivity contribution is -0.385. The van der Waals surface area contributed by atoms with Crippen molar-refractivity contribution in [2.24, 2.45) is 0 Å². The number of benzene rings is 3. The summed E-state index contributed by atoms with van der Waals surface area (Å²) in [5.41, 5.74) is 2.18. The van der Waals surface area contributed by atoms with Gasteiger partial charge in [0, 0.05) is 42.4 Å². The molecule has 0 N–H and O–H groups in total. The fourth-order valence-electron chi connectivity index (χ4n) is 6.65. The van der Waals surface area contributed by atoms with Crippen LogP contribution in [0.25, 0.3) is 0 Å². The molecule has 2 fully saturated rings. The number of ether oxygens (including phenoxy) is 2. The molecular weight excluding hydrogens is 558 g/mol. The van der Waals surface area contributed by atoms with Gasteiger partial charge in [-0.2, -0.15) is 0 Å². The molecule has 3 heterocycles. The summed E-state index contributed by atoms with van der Waals surface area (Å²) in [7, 11) is 3.15. The molecule has 2 bridgehead atoms. The third kappa shape index (κ3) is 4.66. The molecule has 3 aromatic carbocycles. The van der Waals surface area contributed by atoms with Crippen molar-refractivity contribution >= 4 is 34.7 Å². The van der Waals surface area contributed by atoms with Crippen LogP contribution in [0.2, 0.25) is 0 Å². The molecule has 3 unspecified atom stereocenters. The highest BCUT2D eigenvalue weighted by molar-refractivity contribution is 6.02. The second-order valence-electron chi connectivity index (χ2n) is 10.7. The maximum Gasteiger partial charge on any atom is 0.330 e. The smallest absolute Gasteiger partial charge is 0.330 e. The van der Waals surface area contributed by atoms with E-state index in [0.29, 0.717) is 48.7 Å². The van der Waals surface area contributed by atoms with Crippen molar-refractivity contribution in [2.45, 2.75) is 43.8 Å². The van der Waals surface area contributed by atoms with Gasteiger partial charge in [-0.05, 0) is 61.6 Å². The van der Waals surface area contributed by atoms with Crippen molar-refractivity contribution in [2.75, 3.05) is 25.7 Å². The first-order chi connectivity index (χ1) is 20.7. The van der Waals surface area contributed by atoms with Gasteiger partial charge in [0.2, 0.25) is 5.91 Å². The Morgan fingerprint density at radius 2 is 1.51 bits per heavy atom. The molecule has 0 radical (unpaired) electrons. The maximum absolute atomic E-state index is 14.7. The van der Waals surface area contributed by atoms with Crippen LogP contribution in [0, 0.1) is 20.2 Å². The summed E-state index contributed by atoms with van der Waals surface area (Å²) in [6.45, 7) is 0.496. The van der Waals surface area contributed by atoms with Gasteiger partial charge >= 0.3 is 6.03 Å². The summed E-state index contributed by atoms with van der Waals surface area (Å²) < 4.78 is 11.3. The predicted octanol–water partition coefficient (Wildman–Crippen LogP) is 5.14. The highest BCUT2D eigenvalue weighted by Gasteiger charge is 2.54. The van der Waals surface area contributed by atoms with Gasteiger partial charge in [-0.3, -0.25) is 29.9 Å². The van der Waals surface area contributed by atoms with E-state index in [2.05, 4.69) is 0 Å². The van der Waals surface area contributed by atoms with E-state index in [1.165, 1.54) is 53.4 Å². The largest absolute Gasteiger partial charge is 0.497 e. The quantitative estimate of drug-likeness (QED) is 0.284. The van der Waals surface area contributed by atoms with Crippen molar-refractivity contribution in [3.63, 3.8) is 0 Å². The average Bonchev–Trinajstić information content (AvgIpc) is 3.02. The average molecular weight is 588 g/mol. The van der Waals surface area contributed by atoms with Crippen molar-refractivity contribution in [3.8, 4) is 11.5 Å². The van der Waals surface area contributed by atoms with Gasteiger partial charge in [-0.15, -0.1) is 0 Å². The third-order valence-corrected chi connectivity index (χ3v) is 8.56. The highest BCUT2D eigenvalue weighted by Crippen LogP contribution is 2.49. The second-order valence-corrected chi connectivity index (χ2v) is 10.7. The van der Waals surface area contributed by atoms with Gasteiger partial charge in [-0.1, -0.05) is 0 Å². The standard InChI is InChI=1S/C30H29N5O8/c1-42-23-16-18-14-15-31-28(27(18)26(17-23)43-2)24-4-3-5-25(29(31)36)33(24)30(37)32(19-6-10-21(11-7-19)34(38)39)20-8-12-22(13-9-20)35(40)41/h6-13,16-17,24-25,28H,3-5,14-15H2,1-2H3. The summed E-state index contributed by atoms with van der Waals surface area (Å²) in [5.74, 6) is 1.07. The predicted molar refractivity (Wildman–Crippen MR) is 155 cm³/mol. The molecule has 43 heavy (non-hydrogen) atoms. The fourth-order valence-corrected chi connectivity index (χ4v) is 6.65. The SMILES string of the molecule is COc1cc2c(c(OC)c1)C1C3CCCC(C(=O)N1CC2)N3C(=O)N(c1ccc([N+](=O)[O-])cc1)c1ccc([N+](=O)[O-])cc1. The van der Waals surface area contributed by atoms with Crippen molar-refractivity contribution in [1.29, 1.82) is 0 Å². The molecule has 6 rings (SSSR count). The first-order valence-electron chi connectivity index (χ1n) is 13.9. The lowest BCUT2D eigenvalue weighted by Crippen LogP contribution is -2.68. The Morgan fingerprint density at radius 3 is 2.05 bits per heavy atom. The molecule has 3 aromatic rings. The zero-order valence-corrected chi connectivity index (χ0v) is 23.5. The summed E-state index contributed by atoms with van der Waals surface area (Å²) in [4.78, 5) is 55.2. The monoisotopic (exact) mass is 587 g/mol. The van der Waals surface area contributed by atoms with Gasteiger partial charge in [0.1, 0.15) is 17.5 Å². The summed E-state index contributed by atoms with van der Waals surface area (Å²) in [6.07, 6.45) is 2.50. The van der Waals surface area contributed by atoms with Gasteiger partial charge in [0.15, 0.2) is 0 Å². The van der Waals surface area contributed by atoms with Crippen LogP contribution in [-0.4, -0.2) is 64.4 Å². The first kappa shape index (κ1) is 27.9. The van der Waals surface area contributed by atoms with E-state index in [1.54, 1.807) is 25.2 Å². The Hall–Kier alpha value is -5.20. The molecule has 222 valence electrons. The number of hydrogen-bond acceptors (Lipinski definition) is 8. The van der Waals surface area contributed by atoms with Crippen LogP contribution in [0.1, 0.15) is 36.4 Å². The normalized spacial score (nSPS) is 20.5. The Balaban J connectivity index is 1.47. The van der Waals surface area contributed by atoms with Gasteiger partial charge in [0.05, 0.1) is 47.5 Å². The molecule has 13 heteroatoms. The number of piperidine rings is 1. The molecule has 2 saturated heterocycles. The number of urea groups is 1. The van der Waals surface area contributed by atoms with Crippen LogP contribution in [0.4, 0.5) is 27.5 Å². The summed E-state index contributed by atoms with van der Waals surface area (Å²) in [5, 5.41) is 22.6. The molecule has 3 aliphatic heterocycles. The molecule has 3 aliphatic rings. The van der Waals surface area contributed by atoms with E-state index in [1.807, 2.05) is 11.0 Å². The van der Waals surface area contributed by atoms with Crippen LogP contribution in [-0.2, 0) is 11.2 Å². The number of carbonyl (C=O) groups is 2. The minimum absolute atomic E-state index is 0.148. The Morgan fingerprint density at radius 1 is 0.907 bits per heavy atom.